The van der Waals surface area contributed by atoms with Gasteiger partial charge < -0.3 is 9.30 Å². The van der Waals surface area contributed by atoms with E-state index in [-0.39, 0.29) is 5.97 Å². The van der Waals surface area contributed by atoms with E-state index in [1.54, 1.807) is 19.4 Å². The molecule has 0 unspecified atom stereocenters. The Morgan fingerprint density at radius 3 is 2.13 bits per heavy atom. The Morgan fingerprint density at radius 2 is 1.61 bits per heavy atom. The van der Waals surface area contributed by atoms with Gasteiger partial charge in [-0.05, 0) is 12.5 Å². The van der Waals surface area contributed by atoms with Crippen molar-refractivity contribution in [2.75, 3.05) is 6.61 Å². The number of aromatic nitrogens is 2. The minimum atomic E-state index is -0.376. The van der Waals surface area contributed by atoms with Crippen molar-refractivity contribution in [2.45, 2.75) is 55.0 Å². The largest absolute Gasteiger partial charge is 0.461 e. The van der Waals surface area contributed by atoms with Gasteiger partial charge in [0.2, 0.25) is 0 Å². The van der Waals surface area contributed by atoms with Gasteiger partial charge in [0.15, 0.2) is 5.69 Å². The smallest absolute Gasteiger partial charge is 0.358 e. The number of benzene rings is 1. The van der Waals surface area contributed by atoms with E-state index >= 15 is 0 Å². The van der Waals surface area contributed by atoms with Crippen LogP contribution in [0.3, 0.4) is 0 Å². The minimum absolute atomic E-state index is 0.350. The average molecular weight is 320 g/mol. The molecule has 4 nitrogen and oxygen atoms in total. The molecular formula is C19H32N2O2. The van der Waals surface area contributed by atoms with Gasteiger partial charge in [-0.1, -0.05) is 71.9 Å². The van der Waals surface area contributed by atoms with Gasteiger partial charge in [0.05, 0.1) is 12.9 Å². The summed E-state index contributed by atoms with van der Waals surface area (Å²) in [5.74, 6) is -0.376. The molecule has 0 aliphatic rings. The SMILES string of the molecule is CC.CC.CC.CCOC(=O)c1cn(Cc2ccccc2)cn1. The number of hydrogen-bond donors (Lipinski definition) is 0. The lowest BCUT2D eigenvalue weighted by Gasteiger charge is -2.01. The Balaban J connectivity index is 0. The molecule has 2 aromatic rings. The Hall–Kier alpha value is -2.10. The van der Waals surface area contributed by atoms with E-state index in [1.165, 1.54) is 5.56 Å². The van der Waals surface area contributed by atoms with Gasteiger partial charge in [0.1, 0.15) is 0 Å². The third-order valence-corrected chi connectivity index (χ3v) is 2.33. The summed E-state index contributed by atoms with van der Waals surface area (Å²) in [6.45, 7) is 14.8. The van der Waals surface area contributed by atoms with Crippen LogP contribution in [0, 0.1) is 0 Å². The molecule has 0 amide bonds. The lowest BCUT2D eigenvalue weighted by molar-refractivity contribution is 0.0520. The number of esters is 1. The van der Waals surface area contributed by atoms with E-state index in [4.69, 9.17) is 4.74 Å². The van der Waals surface area contributed by atoms with Gasteiger partial charge in [-0.2, -0.15) is 0 Å². The van der Waals surface area contributed by atoms with E-state index in [0.717, 1.165) is 0 Å². The summed E-state index contributed by atoms with van der Waals surface area (Å²) in [7, 11) is 0. The fourth-order valence-electron chi connectivity index (χ4n) is 1.55. The second-order valence-corrected chi connectivity index (χ2v) is 3.64. The number of imidazole rings is 1. The van der Waals surface area contributed by atoms with Gasteiger partial charge in [0, 0.05) is 12.7 Å². The molecule has 0 aliphatic heterocycles. The van der Waals surface area contributed by atoms with Crippen molar-refractivity contribution in [3.63, 3.8) is 0 Å². The lowest BCUT2D eigenvalue weighted by atomic mass is 10.2. The fraction of sp³-hybridized carbons (Fsp3) is 0.474. The summed E-state index contributed by atoms with van der Waals surface area (Å²) in [5.41, 5.74) is 1.52. The van der Waals surface area contributed by atoms with Crippen LogP contribution in [-0.4, -0.2) is 22.1 Å². The standard InChI is InChI=1S/C13H14N2O2.3C2H6/c1-2-17-13(16)12-9-15(10-14-12)8-11-6-4-3-5-7-11;3*1-2/h3-7,9-10H,2,8H2,1H3;3*1-2H3. The zero-order chi connectivity index (χ0) is 18.1. The molecule has 0 N–H and O–H groups in total. The van der Waals surface area contributed by atoms with Crippen LogP contribution >= 0.6 is 0 Å². The minimum Gasteiger partial charge on any atom is -0.461 e. The first kappa shape index (κ1) is 23.2. The number of rotatable bonds is 4. The van der Waals surface area contributed by atoms with Crippen LogP contribution in [0.15, 0.2) is 42.9 Å². The van der Waals surface area contributed by atoms with Gasteiger partial charge in [0.25, 0.3) is 0 Å². The molecule has 1 heterocycles. The number of ether oxygens (including phenoxy) is 1. The number of nitrogens with zero attached hydrogens (tertiary/aromatic N) is 2. The second kappa shape index (κ2) is 16.3. The van der Waals surface area contributed by atoms with Crippen molar-refractivity contribution in [1.29, 1.82) is 0 Å². The zero-order valence-corrected chi connectivity index (χ0v) is 15.7. The molecule has 1 aromatic carbocycles. The molecule has 0 saturated heterocycles. The van der Waals surface area contributed by atoms with Crippen molar-refractivity contribution >= 4 is 5.97 Å². The maximum Gasteiger partial charge on any atom is 0.358 e. The Kier molecular flexibility index (Phi) is 16.4. The van der Waals surface area contributed by atoms with E-state index in [0.29, 0.717) is 18.8 Å². The summed E-state index contributed by atoms with van der Waals surface area (Å²) in [5, 5.41) is 0. The summed E-state index contributed by atoms with van der Waals surface area (Å²) >= 11 is 0. The molecule has 0 radical (unpaired) electrons. The average Bonchev–Trinajstić information content (AvgIpc) is 3.10. The summed E-state index contributed by atoms with van der Waals surface area (Å²) in [4.78, 5) is 15.4. The van der Waals surface area contributed by atoms with Crippen molar-refractivity contribution in [3.05, 3.63) is 54.1 Å². The van der Waals surface area contributed by atoms with Crippen LogP contribution in [-0.2, 0) is 11.3 Å². The highest BCUT2D eigenvalue weighted by Crippen LogP contribution is 2.04. The molecule has 0 aliphatic carbocycles. The quantitative estimate of drug-likeness (QED) is 0.728. The predicted molar refractivity (Wildman–Crippen MR) is 97.8 cm³/mol. The van der Waals surface area contributed by atoms with Crippen LogP contribution in [0.2, 0.25) is 0 Å². The molecule has 1 aromatic heterocycles. The highest BCUT2D eigenvalue weighted by Gasteiger charge is 2.09. The highest BCUT2D eigenvalue weighted by molar-refractivity contribution is 5.86. The fourth-order valence-corrected chi connectivity index (χ4v) is 1.55. The molecule has 4 heteroatoms. The predicted octanol–water partition coefficient (Wildman–Crippen LogP) is 5.19. The lowest BCUT2D eigenvalue weighted by Crippen LogP contribution is -2.04. The van der Waals surface area contributed by atoms with Crippen LogP contribution in [0.5, 0.6) is 0 Å². The third-order valence-electron chi connectivity index (χ3n) is 2.33. The third kappa shape index (κ3) is 9.51. The number of hydrogen-bond acceptors (Lipinski definition) is 3. The van der Waals surface area contributed by atoms with Gasteiger partial charge in [-0.15, -0.1) is 0 Å². The molecular weight excluding hydrogens is 288 g/mol. The first-order valence-electron chi connectivity index (χ1n) is 8.52. The van der Waals surface area contributed by atoms with E-state index in [9.17, 15) is 4.79 Å². The first-order valence-corrected chi connectivity index (χ1v) is 8.52. The van der Waals surface area contributed by atoms with Crippen LogP contribution in [0.25, 0.3) is 0 Å². The van der Waals surface area contributed by atoms with Crippen LogP contribution in [0.1, 0.15) is 64.5 Å². The summed E-state index contributed by atoms with van der Waals surface area (Å²) in [6, 6.07) is 10.0. The second-order valence-electron chi connectivity index (χ2n) is 3.64. The maximum atomic E-state index is 11.4. The van der Waals surface area contributed by atoms with Gasteiger partial charge in [-0.3, -0.25) is 0 Å². The Labute approximate surface area is 141 Å². The molecule has 2 rings (SSSR count). The molecule has 0 saturated carbocycles. The Bertz CT molecular complexity index is 493. The monoisotopic (exact) mass is 320 g/mol. The number of carbonyl (C=O) groups is 1. The molecule has 0 atom stereocenters. The van der Waals surface area contributed by atoms with E-state index in [2.05, 4.69) is 4.98 Å². The molecule has 130 valence electrons. The summed E-state index contributed by atoms with van der Waals surface area (Å²) < 4.78 is 6.74. The summed E-state index contributed by atoms with van der Waals surface area (Å²) in [6.07, 6.45) is 3.34. The zero-order valence-electron chi connectivity index (χ0n) is 15.7. The molecule has 0 spiro atoms. The van der Waals surface area contributed by atoms with Crippen LogP contribution in [0.4, 0.5) is 0 Å². The normalized spacial score (nSPS) is 8.30. The Morgan fingerprint density at radius 1 is 1.04 bits per heavy atom. The van der Waals surface area contributed by atoms with Gasteiger partial charge in [-0.25, -0.2) is 9.78 Å². The first-order chi connectivity index (χ1) is 11.3. The topological polar surface area (TPSA) is 44.1 Å². The van der Waals surface area contributed by atoms with Crippen molar-refractivity contribution in [2.24, 2.45) is 0 Å². The van der Waals surface area contributed by atoms with Crippen molar-refractivity contribution < 1.29 is 9.53 Å². The number of carbonyl (C=O) groups excluding carboxylic acids is 1. The molecule has 0 fully saturated rings. The van der Waals surface area contributed by atoms with Crippen LogP contribution < -0.4 is 0 Å². The van der Waals surface area contributed by atoms with Gasteiger partial charge >= 0.3 is 5.97 Å². The maximum absolute atomic E-state index is 11.4. The van der Waals surface area contributed by atoms with Crippen molar-refractivity contribution in [1.82, 2.24) is 9.55 Å². The van der Waals surface area contributed by atoms with E-state index in [1.807, 2.05) is 76.4 Å². The van der Waals surface area contributed by atoms with Crippen molar-refractivity contribution in [3.8, 4) is 0 Å². The van der Waals surface area contributed by atoms with E-state index < -0.39 is 0 Å². The molecule has 0 bridgehead atoms. The molecule has 23 heavy (non-hydrogen) atoms. The highest BCUT2D eigenvalue weighted by atomic mass is 16.5.